The van der Waals surface area contributed by atoms with Crippen molar-refractivity contribution in [3.8, 4) is 0 Å². The fourth-order valence-electron chi connectivity index (χ4n) is 11.1. The van der Waals surface area contributed by atoms with E-state index in [1.54, 1.807) is 77.6 Å². The van der Waals surface area contributed by atoms with Crippen molar-refractivity contribution in [2.24, 2.45) is 5.73 Å². The molecule has 0 saturated heterocycles. The molecule has 0 aliphatic rings. The van der Waals surface area contributed by atoms with Gasteiger partial charge in [0.1, 0.15) is 25.3 Å². The van der Waals surface area contributed by atoms with E-state index < -0.39 is 24.3 Å². The molecule has 0 bridgehead atoms. The summed E-state index contributed by atoms with van der Waals surface area (Å²) in [6, 6.07) is 36.4. The Bertz CT molecular complexity index is 3910. The number of carbonyl (C=O) groups is 6. The van der Waals surface area contributed by atoms with Gasteiger partial charge >= 0.3 is 24.2 Å². The molecule has 0 spiro atoms. The average molecular weight is 1790 g/mol. The van der Waals surface area contributed by atoms with Gasteiger partial charge in [0.15, 0.2) is 0 Å². The van der Waals surface area contributed by atoms with Gasteiger partial charge in [0.2, 0.25) is 11.8 Å². The predicted octanol–water partition coefficient (Wildman–Crippen LogP) is 13.4. The first-order valence-electron chi connectivity index (χ1n) is 34.4. The van der Waals surface area contributed by atoms with Crippen molar-refractivity contribution in [1.29, 1.82) is 0 Å². The van der Waals surface area contributed by atoms with E-state index in [0.29, 0.717) is 89.3 Å². The molecule has 4 aromatic carbocycles. The molecule has 29 heteroatoms. The van der Waals surface area contributed by atoms with E-state index in [-0.39, 0.29) is 127 Å². The van der Waals surface area contributed by atoms with Crippen LogP contribution in [0.1, 0.15) is 139 Å². The number of hydrogen-bond acceptors (Lipinski definition) is 18. The quantitative estimate of drug-likeness (QED) is 0.0178. The molecule has 105 heavy (non-hydrogen) atoms. The Balaban J connectivity index is 0.000000368. The minimum atomic E-state index is -0.820. The minimum absolute atomic E-state index is 0. The number of aryl methyl sites for hydroxylation is 1. The average Bonchev–Trinajstić information content (AvgIpc) is 1.28. The number of halogens is 1. The topological polar surface area (TPSA) is 295 Å². The van der Waals surface area contributed by atoms with Crippen molar-refractivity contribution in [3.05, 3.63) is 228 Å². The Kier molecular flexibility index (Phi) is 39.7. The second-order valence-electron chi connectivity index (χ2n) is 25.6. The Labute approximate surface area is 664 Å². The van der Waals surface area contributed by atoms with Crippen molar-refractivity contribution in [3.63, 3.8) is 0 Å². The van der Waals surface area contributed by atoms with Crippen LogP contribution in [0.3, 0.4) is 0 Å². The number of rotatable bonds is 37. The van der Waals surface area contributed by atoms with E-state index in [2.05, 4.69) is 84.5 Å². The van der Waals surface area contributed by atoms with Crippen LogP contribution in [0.4, 0.5) is 19.2 Å². The van der Waals surface area contributed by atoms with E-state index in [0.717, 1.165) is 53.4 Å². The largest absolute Gasteiger partial charge is 0.444 e. The summed E-state index contributed by atoms with van der Waals surface area (Å²) in [5.74, 6) is 0.0348. The first kappa shape index (κ1) is 87.6. The number of alkyl carbamates (subject to hydrolysis) is 2. The fourth-order valence-corrected chi connectivity index (χ4v) is 13.8. The monoisotopic (exact) mass is 1790 g/mol. The number of carbonyl (C=O) groups excluding carboxylic acids is 6. The van der Waals surface area contributed by atoms with Gasteiger partial charge < -0.3 is 61.5 Å². The Morgan fingerprint density at radius 3 is 1.17 bits per heavy atom. The van der Waals surface area contributed by atoms with Crippen LogP contribution in [0.5, 0.6) is 0 Å². The Morgan fingerprint density at radius 2 is 0.857 bits per heavy atom. The molecule has 6 atom stereocenters. The van der Waals surface area contributed by atoms with Gasteiger partial charge in [-0.1, -0.05) is 156 Å². The molecule has 0 saturated carbocycles. The molecule has 0 aliphatic carbocycles. The standard InChI is InChI=1S/C39H48N8O4S2.C36H47N7O4S2.CH4.HI.W/c1-28(2)37-43-33(25-52-37)23-46(3)38(49)45-35(16-18-47-19-17-40-26-47)36(48)42-31(20-29-10-6-4-7-11-29)14-15-32(21-30-12-8-5-9-13-30)44-39(50)51-24-34-22-41-27-53-34;1-25(2)34-40-30(23-48-34)21-43(3)35(45)42-32(16-17-37)33(44)39-28(18-26-10-6-4-7-11-26)14-15-29(19-27-12-8-5-9-13-27)41-36(46)47-22-31-20-38-24-49-31;;;/h4-13,17,19,22,25-28,31-32,35H,14-16,18,20-21,23-24H2,1-3H3,(H,42,48)(H,44,50)(H,45,49);4-13,20,23-25,28-29,32H,14-19,21-22,37H2,1-3H3,(H,39,44)(H,41,46)(H,42,45);1H4;1H;/t31-,32-,35-;28-,29-,32-;;;/m00.../s1. The van der Waals surface area contributed by atoms with Crippen molar-refractivity contribution < 1.29 is 59.3 Å². The van der Waals surface area contributed by atoms with Crippen molar-refractivity contribution in [1.82, 2.24) is 71.2 Å². The number of benzene rings is 4. The number of imidazole rings is 1. The van der Waals surface area contributed by atoms with E-state index in [9.17, 15) is 28.8 Å². The van der Waals surface area contributed by atoms with E-state index in [4.69, 9.17) is 15.2 Å². The number of nitrogens with one attached hydrogen (secondary N) is 6. The summed E-state index contributed by atoms with van der Waals surface area (Å²) in [4.78, 5) is 107. The maximum Gasteiger partial charge on any atom is 0.407 e. The SMILES string of the molecule is C.CC(C)c1nc(CN(C)C(=O)N[C@@H](CCN)C(=O)N[C@@H](CC[C@@H](Cc2ccccc2)NC(=O)OCc2cncs2)Cc2ccccc2)cs1.CC(C)c1nc(CN(C)C(=O)N[C@@H](CCn2ccnc2)C(=O)N[C@@H](CC[C@@H](Cc2ccccc2)NC(=O)OCc2cncs2)Cc2ccccc2)cs1.I.[W]. The third kappa shape index (κ3) is 31.9. The number of aromatic nitrogens is 6. The van der Waals surface area contributed by atoms with E-state index in [1.807, 2.05) is 143 Å². The van der Waals surface area contributed by atoms with Gasteiger partial charge in [-0.2, -0.15) is 0 Å². The van der Waals surface area contributed by atoms with Crippen LogP contribution in [0, 0.1) is 0 Å². The van der Waals surface area contributed by atoms with Gasteiger partial charge in [-0.05, 0) is 93.0 Å². The summed E-state index contributed by atoms with van der Waals surface area (Å²) < 4.78 is 12.9. The van der Waals surface area contributed by atoms with Crippen LogP contribution >= 0.6 is 69.3 Å². The number of thiazole rings is 4. The van der Waals surface area contributed by atoms with Crippen molar-refractivity contribution >= 4 is 105 Å². The number of nitrogens with two attached hydrogens (primary N) is 1. The second kappa shape index (κ2) is 47.5. The van der Waals surface area contributed by atoms with Gasteiger partial charge in [-0.3, -0.25) is 19.6 Å². The third-order valence-corrected chi connectivity index (χ3v) is 20.5. The molecule has 5 heterocycles. The summed E-state index contributed by atoms with van der Waals surface area (Å²) >= 11 is 6.01. The summed E-state index contributed by atoms with van der Waals surface area (Å²) in [5.41, 5.74) is 15.2. The molecule has 0 radical (unpaired) electrons. The molecule has 0 aliphatic heterocycles. The molecule has 8 amide bonds. The third-order valence-electron chi connectivity index (χ3n) is 16.6. The predicted molar refractivity (Wildman–Crippen MR) is 424 cm³/mol. The molecule has 5 aromatic heterocycles. The summed E-state index contributed by atoms with van der Waals surface area (Å²) in [5, 5.41) is 24.4. The van der Waals surface area contributed by atoms with E-state index >= 15 is 0 Å². The smallest absolute Gasteiger partial charge is 0.407 e. The maximum atomic E-state index is 14.1. The zero-order valence-electron chi connectivity index (χ0n) is 59.5. The molecule has 0 unspecified atom stereocenters. The zero-order valence-corrected chi connectivity index (χ0v) is 68.1. The molecule has 8 N–H and O–H groups in total. The number of nitrogens with zero attached hydrogens (tertiary/aromatic N) is 8. The number of ether oxygens (including phenoxy) is 2. The van der Waals surface area contributed by atoms with Gasteiger partial charge in [-0.15, -0.1) is 69.3 Å². The summed E-state index contributed by atoms with van der Waals surface area (Å²) in [6.45, 7) is 10.00. The van der Waals surface area contributed by atoms with Crippen molar-refractivity contribution in [2.45, 2.75) is 180 Å². The van der Waals surface area contributed by atoms with Crippen LogP contribution in [0.25, 0.3) is 0 Å². The molecule has 0 fully saturated rings. The maximum absolute atomic E-state index is 14.1. The zero-order chi connectivity index (χ0) is 72.4. The minimum Gasteiger partial charge on any atom is -0.444 e. The fraction of sp³-hybridized carbons (Fsp3) is 0.408. The molecular formula is C76H100IN15O8S4W. The Hall–Kier alpha value is -7.99. The van der Waals surface area contributed by atoms with Crippen LogP contribution in [0.15, 0.2) is 174 Å². The second-order valence-corrected chi connectivity index (χ2v) is 29.4. The van der Waals surface area contributed by atoms with Gasteiger partial charge in [-0.25, -0.2) is 34.1 Å². The molecule has 9 rings (SSSR count). The normalized spacial score (nSPS) is 12.5. The molecule has 564 valence electrons. The van der Waals surface area contributed by atoms with E-state index in [1.165, 1.54) is 27.6 Å². The summed E-state index contributed by atoms with van der Waals surface area (Å²) in [7, 11) is 3.39. The van der Waals surface area contributed by atoms with Crippen LogP contribution < -0.4 is 37.6 Å². The molecular weight excluding hydrogens is 1690 g/mol. The first-order chi connectivity index (χ1) is 49.4. The number of hydrogen-bond donors (Lipinski definition) is 7. The van der Waals surface area contributed by atoms with Crippen LogP contribution in [0.2, 0.25) is 0 Å². The van der Waals surface area contributed by atoms with Gasteiger partial charge in [0.05, 0.1) is 61.6 Å². The number of urea groups is 2. The van der Waals surface area contributed by atoms with Crippen LogP contribution in [-0.4, -0.2) is 132 Å². The molecule has 23 nitrogen and oxygen atoms in total. The summed E-state index contributed by atoms with van der Waals surface area (Å²) in [6.07, 6.45) is 12.8. The Morgan fingerprint density at radius 1 is 0.495 bits per heavy atom. The number of amides is 8. The van der Waals surface area contributed by atoms with Crippen molar-refractivity contribution in [2.75, 3.05) is 20.6 Å². The van der Waals surface area contributed by atoms with Gasteiger partial charge in [0, 0.05) is 113 Å². The van der Waals surface area contributed by atoms with Crippen LogP contribution in [-0.2, 0) is 98.7 Å². The van der Waals surface area contributed by atoms with Gasteiger partial charge in [0.25, 0.3) is 0 Å². The first-order valence-corrected chi connectivity index (χ1v) is 37.9. The molecule has 9 aromatic rings.